The van der Waals surface area contributed by atoms with Crippen LogP contribution in [0.4, 0.5) is 0 Å². The molecule has 0 bridgehead atoms. The molecule has 3 aromatic carbocycles. The number of carbonyl (C=O) groups excluding carboxylic acids is 2. The standard InChI is InChI=1S/C24H22ClN3O6S/c1-16-3-6-18(7-4-16)24(30)34-21-12-5-17(13-22(21)33-2)14-26-28-23(29)15-27-35(31,32)20-10-8-19(25)9-11-20/h3-14,27H,15H2,1-2H3,(H,28,29)/b26-14+. The Morgan fingerprint density at radius 1 is 1.00 bits per heavy atom. The van der Waals surface area contributed by atoms with Gasteiger partial charge in [-0.15, -0.1) is 0 Å². The van der Waals surface area contributed by atoms with Gasteiger partial charge in [-0.1, -0.05) is 29.3 Å². The Kier molecular flexibility index (Phi) is 8.58. The van der Waals surface area contributed by atoms with E-state index in [4.69, 9.17) is 21.1 Å². The molecule has 1 amide bonds. The fraction of sp³-hybridized carbons (Fsp3) is 0.125. The molecular formula is C24H22ClN3O6S. The summed E-state index contributed by atoms with van der Waals surface area (Å²) in [4.78, 5) is 24.3. The second-order valence-corrected chi connectivity index (χ2v) is 9.44. The second-order valence-electron chi connectivity index (χ2n) is 7.24. The first-order valence-corrected chi connectivity index (χ1v) is 12.1. The smallest absolute Gasteiger partial charge is 0.343 e. The van der Waals surface area contributed by atoms with Gasteiger partial charge in [0.1, 0.15) is 0 Å². The highest BCUT2D eigenvalue weighted by Gasteiger charge is 2.15. The van der Waals surface area contributed by atoms with Crippen LogP contribution in [0.2, 0.25) is 5.02 Å². The van der Waals surface area contributed by atoms with E-state index in [9.17, 15) is 18.0 Å². The Balaban J connectivity index is 1.56. The highest BCUT2D eigenvalue weighted by atomic mass is 35.5. The van der Waals surface area contributed by atoms with Gasteiger partial charge in [0, 0.05) is 5.02 Å². The molecule has 0 aliphatic heterocycles. The lowest BCUT2D eigenvalue weighted by molar-refractivity contribution is -0.119. The fourth-order valence-corrected chi connectivity index (χ4v) is 3.88. The van der Waals surface area contributed by atoms with E-state index in [0.29, 0.717) is 16.1 Å². The largest absolute Gasteiger partial charge is 0.493 e. The van der Waals surface area contributed by atoms with E-state index in [-0.39, 0.29) is 16.4 Å². The van der Waals surface area contributed by atoms with Crippen LogP contribution in [0.25, 0.3) is 0 Å². The Labute approximate surface area is 207 Å². The number of aryl methyl sites for hydroxylation is 1. The van der Waals surface area contributed by atoms with Gasteiger partial charge in [0.2, 0.25) is 10.0 Å². The van der Waals surface area contributed by atoms with E-state index in [0.717, 1.165) is 5.56 Å². The Morgan fingerprint density at radius 2 is 1.69 bits per heavy atom. The van der Waals surface area contributed by atoms with Crippen molar-refractivity contribution in [3.63, 3.8) is 0 Å². The van der Waals surface area contributed by atoms with Crippen molar-refractivity contribution in [2.45, 2.75) is 11.8 Å². The molecule has 0 saturated carbocycles. The van der Waals surface area contributed by atoms with Gasteiger partial charge in [0.15, 0.2) is 11.5 Å². The summed E-state index contributed by atoms with van der Waals surface area (Å²) >= 11 is 5.75. The molecule has 35 heavy (non-hydrogen) atoms. The van der Waals surface area contributed by atoms with Crippen LogP contribution in [0.15, 0.2) is 76.7 Å². The summed E-state index contributed by atoms with van der Waals surface area (Å²) in [6, 6.07) is 17.2. The number of hydrazone groups is 1. The number of nitrogens with zero attached hydrogens (tertiary/aromatic N) is 1. The van der Waals surface area contributed by atoms with Crippen molar-refractivity contribution in [1.82, 2.24) is 10.1 Å². The highest BCUT2D eigenvalue weighted by Crippen LogP contribution is 2.28. The molecule has 9 nitrogen and oxygen atoms in total. The van der Waals surface area contributed by atoms with Crippen molar-refractivity contribution in [2.75, 3.05) is 13.7 Å². The van der Waals surface area contributed by atoms with Crippen LogP contribution in [0.5, 0.6) is 11.5 Å². The third-order valence-corrected chi connectivity index (χ3v) is 6.30. The van der Waals surface area contributed by atoms with Crippen molar-refractivity contribution in [3.05, 3.63) is 88.4 Å². The van der Waals surface area contributed by atoms with Gasteiger partial charge >= 0.3 is 5.97 Å². The number of hydrogen-bond acceptors (Lipinski definition) is 7. The van der Waals surface area contributed by atoms with Crippen molar-refractivity contribution in [3.8, 4) is 11.5 Å². The van der Waals surface area contributed by atoms with Crippen molar-refractivity contribution in [1.29, 1.82) is 0 Å². The van der Waals surface area contributed by atoms with E-state index in [2.05, 4.69) is 15.2 Å². The first-order chi connectivity index (χ1) is 16.7. The number of sulfonamides is 1. The molecule has 0 aromatic heterocycles. The van der Waals surface area contributed by atoms with Crippen LogP contribution < -0.4 is 19.6 Å². The fourth-order valence-electron chi connectivity index (χ4n) is 2.77. The molecule has 0 unspecified atom stereocenters. The average Bonchev–Trinajstić information content (AvgIpc) is 2.84. The second kappa shape index (κ2) is 11.6. The number of halogens is 1. The van der Waals surface area contributed by atoms with Crippen LogP contribution in [0, 0.1) is 6.92 Å². The molecule has 0 saturated heterocycles. The molecule has 3 rings (SSSR count). The minimum atomic E-state index is -3.87. The van der Waals surface area contributed by atoms with Gasteiger partial charge in [-0.3, -0.25) is 4.79 Å². The maximum absolute atomic E-state index is 12.4. The van der Waals surface area contributed by atoms with Gasteiger partial charge in [-0.2, -0.15) is 5.10 Å². The lowest BCUT2D eigenvalue weighted by Gasteiger charge is -2.10. The molecule has 0 radical (unpaired) electrons. The SMILES string of the molecule is COc1cc(/C=N/NC(=O)CNS(=O)(=O)c2ccc(Cl)cc2)ccc1OC(=O)c1ccc(C)cc1. The Bertz CT molecular complexity index is 1340. The van der Waals surface area contributed by atoms with Crippen LogP contribution >= 0.6 is 11.6 Å². The quantitative estimate of drug-likeness (QED) is 0.195. The predicted molar refractivity (Wildman–Crippen MR) is 132 cm³/mol. The van der Waals surface area contributed by atoms with Crippen molar-refractivity contribution >= 4 is 39.7 Å². The third kappa shape index (κ3) is 7.38. The molecule has 0 atom stereocenters. The zero-order chi connectivity index (χ0) is 25.4. The van der Waals surface area contributed by atoms with Gasteiger partial charge in [-0.05, 0) is 67.1 Å². The molecule has 182 valence electrons. The summed E-state index contributed by atoms with van der Waals surface area (Å²) in [5.41, 5.74) is 4.19. The van der Waals surface area contributed by atoms with Gasteiger partial charge in [0.25, 0.3) is 5.91 Å². The summed E-state index contributed by atoms with van der Waals surface area (Å²) in [6.45, 7) is 1.40. The lowest BCUT2D eigenvalue weighted by Crippen LogP contribution is -2.34. The minimum absolute atomic E-state index is 0.0199. The van der Waals surface area contributed by atoms with Crippen LogP contribution in [-0.2, 0) is 14.8 Å². The average molecular weight is 516 g/mol. The zero-order valence-corrected chi connectivity index (χ0v) is 20.4. The molecule has 11 heteroatoms. The number of hydrogen-bond donors (Lipinski definition) is 2. The number of rotatable bonds is 9. The van der Waals surface area contributed by atoms with Crippen molar-refractivity contribution in [2.24, 2.45) is 5.10 Å². The van der Waals surface area contributed by atoms with Crippen LogP contribution in [0.3, 0.4) is 0 Å². The summed E-state index contributed by atoms with van der Waals surface area (Å²) in [5, 5.41) is 4.20. The molecule has 2 N–H and O–H groups in total. The van der Waals surface area contributed by atoms with Crippen LogP contribution in [0.1, 0.15) is 21.5 Å². The van der Waals surface area contributed by atoms with E-state index >= 15 is 0 Å². The third-order valence-electron chi connectivity index (χ3n) is 4.63. The van der Waals surface area contributed by atoms with Crippen molar-refractivity contribution < 1.29 is 27.5 Å². The summed E-state index contributed by atoms with van der Waals surface area (Å²) < 4.78 is 37.3. The molecule has 0 heterocycles. The molecule has 0 aliphatic rings. The molecular weight excluding hydrogens is 494 g/mol. The number of benzene rings is 3. The maximum Gasteiger partial charge on any atom is 0.343 e. The number of ether oxygens (including phenoxy) is 2. The Hall–Kier alpha value is -3.73. The Morgan fingerprint density at radius 3 is 2.34 bits per heavy atom. The molecule has 3 aromatic rings. The first-order valence-electron chi connectivity index (χ1n) is 10.2. The lowest BCUT2D eigenvalue weighted by atomic mass is 10.1. The van der Waals surface area contributed by atoms with E-state index in [1.165, 1.54) is 43.7 Å². The van der Waals surface area contributed by atoms with Gasteiger partial charge in [-0.25, -0.2) is 23.4 Å². The number of nitrogens with one attached hydrogen (secondary N) is 2. The zero-order valence-electron chi connectivity index (χ0n) is 18.8. The number of methoxy groups -OCH3 is 1. The summed E-state index contributed by atoms with van der Waals surface area (Å²) in [7, 11) is -2.45. The topological polar surface area (TPSA) is 123 Å². The normalized spacial score (nSPS) is 11.3. The monoisotopic (exact) mass is 515 g/mol. The van der Waals surface area contributed by atoms with E-state index in [1.807, 2.05) is 19.1 Å². The molecule has 0 spiro atoms. The van der Waals surface area contributed by atoms with E-state index in [1.54, 1.807) is 24.3 Å². The minimum Gasteiger partial charge on any atom is -0.493 e. The number of amides is 1. The number of esters is 1. The summed E-state index contributed by atoms with van der Waals surface area (Å²) in [6.07, 6.45) is 1.33. The predicted octanol–water partition coefficient (Wildman–Crippen LogP) is 3.30. The first kappa shape index (κ1) is 25.9. The molecule has 0 aliphatic carbocycles. The van der Waals surface area contributed by atoms with Gasteiger partial charge in [0.05, 0.1) is 30.3 Å². The van der Waals surface area contributed by atoms with Gasteiger partial charge < -0.3 is 9.47 Å². The highest BCUT2D eigenvalue weighted by molar-refractivity contribution is 7.89. The van der Waals surface area contributed by atoms with Crippen LogP contribution in [-0.4, -0.2) is 40.2 Å². The number of carbonyl (C=O) groups is 2. The summed E-state index contributed by atoms with van der Waals surface area (Å²) in [5.74, 6) is -0.695. The van der Waals surface area contributed by atoms with E-state index < -0.39 is 28.4 Å². The molecule has 0 fully saturated rings. The maximum atomic E-state index is 12.4.